The molecule has 0 spiro atoms. The Kier molecular flexibility index (Phi) is 63.0. The van der Waals surface area contributed by atoms with E-state index in [-0.39, 0.29) is 28.3 Å². The number of allylic oxidation sites excluding steroid dienone is 12. The summed E-state index contributed by atoms with van der Waals surface area (Å²) in [6, 6.07) is 0. The van der Waals surface area contributed by atoms with Crippen LogP contribution in [0.4, 0.5) is 0 Å². The summed E-state index contributed by atoms with van der Waals surface area (Å²) in [6.45, 7) is 61.2. The topological polar surface area (TPSA) is 40.5 Å². The number of aliphatic hydroxyl groups is 2. The molecule has 11 aliphatic rings. The molecule has 0 aromatic rings. The first-order chi connectivity index (χ1) is 40.5. The normalized spacial score (nSPS) is 28.5. The maximum absolute atomic E-state index is 9.49. The second-order valence-corrected chi connectivity index (χ2v) is 34.8. The van der Waals surface area contributed by atoms with Crippen LogP contribution in [0.5, 0.6) is 0 Å². The maximum atomic E-state index is 9.49. The van der Waals surface area contributed by atoms with E-state index in [2.05, 4.69) is 131 Å². The number of fused-ring (bicyclic) bond motifs is 15. The van der Waals surface area contributed by atoms with Gasteiger partial charge in [-0.05, 0) is 258 Å². The first-order valence-corrected chi connectivity index (χ1v) is 41.4. The Morgan fingerprint density at radius 2 is 1.05 bits per heavy atom. The summed E-state index contributed by atoms with van der Waals surface area (Å²) < 4.78 is 0. The molecule has 0 aromatic heterocycles. The summed E-state index contributed by atoms with van der Waals surface area (Å²) >= 11 is -1.72. The molecule has 0 saturated heterocycles. The van der Waals surface area contributed by atoms with Gasteiger partial charge in [-0.15, -0.1) is 13.2 Å². The summed E-state index contributed by atoms with van der Waals surface area (Å²) in [4.78, 5) is 0. The van der Waals surface area contributed by atoms with Gasteiger partial charge in [-0.3, -0.25) is 0 Å². The third kappa shape index (κ3) is 45.3. The van der Waals surface area contributed by atoms with Crippen molar-refractivity contribution in [2.45, 2.75) is 333 Å². The molecule has 2 nitrogen and oxygen atoms in total. The van der Waals surface area contributed by atoms with Crippen molar-refractivity contribution in [3.63, 3.8) is 0 Å². The molecule has 11 rings (SSSR count). The van der Waals surface area contributed by atoms with Gasteiger partial charge in [0.2, 0.25) is 0 Å². The van der Waals surface area contributed by atoms with Crippen molar-refractivity contribution in [3.8, 4) is 0 Å². The van der Waals surface area contributed by atoms with E-state index < -0.39 is 22.6 Å². The molecule has 7 heteroatoms. The molecule has 7 fully saturated rings. The fourth-order valence-corrected chi connectivity index (χ4v) is 15.3. The molecule has 2 N–H and O–H groups in total. The Labute approximate surface area is 586 Å². The van der Waals surface area contributed by atoms with E-state index in [1.165, 1.54) is 89.7 Å². The van der Waals surface area contributed by atoms with Gasteiger partial charge < -0.3 is 10.2 Å². The summed E-state index contributed by atoms with van der Waals surface area (Å²) in [5.41, 5.74) is 3.65. The van der Waals surface area contributed by atoms with Crippen LogP contribution in [0.15, 0.2) is 96.7 Å². The third-order valence-electron chi connectivity index (χ3n) is 18.0. The third-order valence-corrected chi connectivity index (χ3v) is 18.0. The van der Waals surface area contributed by atoms with Crippen LogP contribution in [-0.4, -0.2) is 32.8 Å². The molecule has 0 heterocycles. The smallest absolute Gasteiger partial charge is 0.386 e. The Morgan fingerprint density at radius 3 is 1.31 bits per heavy atom. The number of rotatable bonds is 6. The summed E-state index contributed by atoms with van der Waals surface area (Å²) in [6.07, 6.45) is 53.1. The predicted molar refractivity (Wildman–Crippen MR) is 409 cm³/mol. The van der Waals surface area contributed by atoms with Crippen LogP contribution in [0.2, 0.25) is 0 Å². The summed E-state index contributed by atoms with van der Waals surface area (Å²) in [5, 5.41) is 18.6. The zero-order valence-corrected chi connectivity index (χ0v) is 67.7. The average Bonchev–Trinajstić information content (AvgIpc) is 1.72. The van der Waals surface area contributed by atoms with Crippen molar-refractivity contribution in [3.05, 3.63) is 96.7 Å². The van der Waals surface area contributed by atoms with Gasteiger partial charge in [0.25, 0.3) is 0 Å². The van der Waals surface area contributed by atoms with Crippen molar-refractivity contribution in [1.29, 1.82) is 0 Å². The van der Waals surface area contributed by atoms with Gasteiger partial charge in [0.15, 0.2) is 0 Å². The zero-order chi connectivity index (χ0) is 67.4. The van der Waals surface area contributed by atoms with E-state index in [0.29, 0.717) is 10.8 Å². The van der Waals surface area contributed by atoms with E-state index in [1.54, 1.807) is 90.0 Å². The van der Waals surface area contributed by atoms with Crippen LogP contribution < -0.4 is 0 Å². The molecule has 0 aromatic carbocycles. The molecule has 14 unspecified atom stereocenters. The summed E-state index contributed by atoms with van der Waals surface area (Å²) in [5.74, 6) is 14.3. The minimum absolute atomic E-state index is 0. The van der Waals surface area contributed by atoms with E-state index >= 15 is 0 Å². The fraction of sp³-hybridized carbons (Fsp3) is 0.802. The van der Waals surface area contributed by atoms with Crippen LogP contribution in [0.3, 0.4) is 0 Å². The van der Waals surface area contributed by atoms with Gasteiger partial charge in [-0.25, -0.2) is 30.1 Å². The minimum atomic E-state index is -1.72. The Morgan fingerprint density at radius 1 is 0.659 bits per heavy atom. The molecule has 0 radical (unpaired) electrons. The van der Waals surface area contributed by atoms with E-state index in [9.17, 15) is 5.11 Å². The van der Waals surface area contributed by atoms with Crippen LogP contribution >= 0.6 is 30.1 Å². The van der Waals surface area contributed by atoms with Gasteiger partial charge in [-0.2, -0.15) is 0 Å². The maximum Gasteiger partial charge on any atom is 0.643 e. The van der Waals surface area contributed by atoms with Gasteiger partial charge >= 0.3 is 11.4 Å². The molecule has 14 atom stereocenters. The van der Waals surface area contributed by atoms with Crippen molar-refractivity contribution < 1.29 is 31.1 Å². The number of hydrogen-bond donors (Lipinski definition) is 2. The van der Waals surface area contributed by atoms with Crippen LogP contribution in [-0.2, 0) is 19.5 Å². The minimum Gasteiger partial charge on any atom is -0.386 e. The predicted octanol–water partition coefficient (Wildman–Crippen LogP) is 28.5. The van der Waals surface area contributed by atoms with E-state index in [0.717, 1.165) is 61.7 Å². The van der Waals surface area contributed by atoms with Gasteiger partial charge in [-0.1, -0.05) is 235 Å². The molecule has 0 amide bonds. The molecule has 11 aliphatic carbocycles. The first kappa shape index (κ1) is 98.9. The van der Waals surface area contributed by atoms with Crippen molar-refractivity contribution in [2.24, 2.45) is 87.8 Å². The van der Waals surface area contributed by atoms with Crippen molar-refractivity contribution in [1.82, 2.24) is 0 Å². The quantitative estimate of drug-likeness (QED) is 0.206. The fourth-order valence-electron chi connectivity index (χ4n) is 15.3. The average molecular weight is 1400 g/mol. The van der Waals surface area contributed by atoms with E-state index in [1.807, 2.05) is 116 Å². The molecule has 7 saturated carbocycles. The summed E-state index contributed by atoms with van der Waals surface area (Å²) in [7, 11) is 14.8. The van der Waals surface area contributed by atoms with Gasteiger partial charge in [0.1, 0.15) is 0 Å². The monoisotopic (exact) mass is 1400 g/mol. The number of halogens is 3. The molecule has 6 bridgehead atoms. The van der Waals surface area contributed by atoms with Crippen LogP contribution in [0.1, 0.15) is 324 Å². The molecule has 524 valence electrons. The molecule has 88 heavy (non-hydrogen) atoms. The Hall–Kier alpha value is -0.134. The van der Waals surface area contributed by atoms with Gasteiger partial charge in [0.05, 0.1) is 11.2 Å². The van der Waals surface area contributed by atoms with E-state index in [4.69, 9.17) is 35.3 Å². The Balaban J connectivity index is -0.000000168. The molecular formula is C81H156AlCl3O2Ru. The largest absolute Gasteiger partial charge is 0.643 e. The Bertz CT molecular complexity index is 1760. The zero-order valence-electron chi connectivity index (χ0n) is 62.6. The molecular weight excluding hydrogens is 1240 g/mol. The van der Waals surface area contributed by atoms with Crippen LogP contribution in [0.25, 0.3) is 0 Å². The first-order valence-electron chi connectivity index (χ1n) is 36.1. The van der Waals surface area contributed by atoms with Crippen molar-refractivity contribution >= 4 is 41.5 Å². The van der Waals surface area contributed by atoms with Crippen LogP contribution in [0, 0.1) is 87.8 Å². The standard InChI is InChI=1S/C12H26.C10H18O.2C10H16.C10H12.C6H10O.C6H8.C4H8.6C2H6.CH4.Al.3ClH.Ru.H2/c1-10(8-11(2,3)4)9-12(5,6)7;1-5-10(4,11)8-6-7-9(2)3;3*1-2-9-7-4-5-8(6-7)10(9)3-1;1-6(7)4-2-3-5-6;1-6-4-2-3-5-6;1-4(2)3;6*1-2;;;;;;;/h10H,8-9H2,1-7H3;5,7,11H,1,6,8H2,2-4H3;2*7-10H,1-6H2;1-2,4-5,7-10H,3,6H2;2,4,7H,3,5H2,1H3;2,4-5H,3H2,1H3;1H2,2-3H3;6*1-2H3;1H4;;3*1H;;1H/q;;;;;;;;;;;;;;;+3;;;;;/p-3/i;;;;;;;;;;;;;;;;;;;;1+1. The number of hydrogen-bond acceptors (Lipinski definition) is 2. The SMILES string of the molecule is C.C1=CC2C3C=CC(C3)C2C1.C1CC2C3CCC(C3)C2C1.C1CC2C3CCC(C3)C2C1.C=C(C)C.C=CC(C)(O)CCC=C(C)C.CC.CC.CC.CC.CC.CC.CC(CC(C)(C)C)CC(C)(C)C.CC1(O)C=CCC1.CC1=CCC=C1.[2HH].[Cl][Al]([Cl])[Cl].[Ru]. The van der Waals surface area contributed by atoms with Crippen molar-refractivity contribution in [2.75, 3.05) is 0 Å². The molecule has 0 aliphatic heterocycles. The second-order valence-electron chi connectivity index (χ2n) is 28.4. The second kappa shape index (κ2) is 56.1. The van der Waals surface area contributed by atoms with Gasteiger partial charge in [0, 0.05) is 20.9 Å².